The monoisotopic (exact) mass is 286 g/mol. The Labute approximate surface area is 108 Å². The normalized spacial score (nSPS) is 10.5. The Morgan fingerprint density at radius 2 is 1.69 bits per heavy atom. The Bertz CT molecular complexity index is 341. The van der Waals surface area contributed by atoms with Crippen molar-refractivity contribution in [1.82, 2.24) is 5.32 Å². The number of amides is 1. The summed E-state index contributed by atoms with van der Waals surface area (Å²) in [4.78, 5) is 11.7. The van der Waals surface area contributed by atoms with Crippen LogP contribution in [0.25, 0.3) is 0 Å². The van der Waals surface area contributed by atoms with Crippen molar-refractivity contribution in [3.05, 3.63) is 35.4 Å². The van der Waals surface area contributed by atoms with Crippen molar-refractivity contribution in [2.45, 2.75) is 6.92 Å². The summed E-state index contributed by atoms with van der Waals surface area (Å²) in [6.45, 7) is 2.64. The third-order valence-electron chi connectivity index (χ3n) is 2.03. The number of benzene rings is 1. The van der Waals surface area contributed by atoms with Gasteiger partial charge < -0.3 is 26.8 Å². The van der Waals surface area contributed by atoms with Gasteiger partial charge in [0.2, 0.25) is 0 Å². The molecule has 0 spiro atoms. The van der Waals surface area contributed by atoms with Crippen LogP contribution in [0.3, 0.4) is 0 Å². The van der Waals surface area contributed by atoms with Crippen LogP contribution in [0.2, 0.25) is 0 Å². The summed E-state index contributed by atoms with van der Waals surface area (Å²) in [7, 11) is 6.11. The molecule has 0 saturated carbocycles. The molecule has 3 nitrogen and oxygen atoms in total. The first-order valence-electron chi connectivity index (χ1n) is 5.04. The maximum atomic E-state index is 11.7. The minimum atomic E-state index is -0.0111. The number of carbonyl (C=O) groups is 1. The lowest BCUT2D eigenvalue weighted by molar-refractivity contribution is -0.872. The number of aryl methyl sites for hydroxylation is 1. The molecule has 0 bridgehead atoms. The molecule has 1 aromatic carbocycles. The first-order valence-corrected chi connectivity index (χ1v) is 5.04. The van der Waals surface area contributed by atoms with E-state index in [-0.39, 0.29) is 22.9 Å². The van der Waals surface area contributed by atoms with Gasteiger partial charge in [-0.15, -0.1) is 0 Å². The predicted octanol–water partition coefficient (Wildman–Crippen LogP) is -1.61. The zero-order valence-corrected chi connectivity index (χ0v) is 11.8. The zero-order chi connectivity index (χ0) is 11.5. The SMILES string of the molecule is Cc1ccc(C(=O)NC[N+](C)(C)C)cc1.[Br-]. The molecular formula is C12H19BrN2O. The second kappa shape index (κ2) is 6.01. The lowest BCUT2D eigenvalue weighted by Crippen LogP contribution is -3.00. The molecule has 1 aromatic rings. The second-order valence-corrected chi connectivity index (χ2v) is 4.82. The molecule has 0 atom stereocenters. The van der Waals surface area contributed by atoms with Gasteiger partial charge in [0, 0.05) is 5.56 Å². The lowest BCUT2D eigenvalue weighted by atomic mass is 10.1. The van der Waals surface area contributed by atoms with Crippen LogP contribution in [0.4, 0.5) is 0 Å². The van der Waals surface area contributed by atoms with E-state index in [1.165, 1.54) is 0 Å². The van der Waals surface area contributed by atoms with Gasteiger partial charge in [-0.1, -0.05) is 17.7 Å². The number of hydrogen-bond acceptors (Lipinski definition) is 1. The standard InChI is InChI=1S/C12H18N2O.BrH/c1-10-5-7-11(8-6-10)12(15)13-9-14(2,3)4;/h5-8H,9H2,1-4H3;1H. The molecule has 0 aliphatic carbocycles. The van der Waals surface area contributed by atoms with Crippen molar-refractivity contribution in [2.24, 2.45) is 0 Å². The largest absolute Gasteiger partial charge is 1.00 e. The van der Waals surface area contributed by atoms with Gasteiger partial charge in [0.1, 0.15) is 0 Å². The van der Waals surface area contributed by atoms with E-state index in [0.29, 0.717) is 12.2 Å². The predicted molar refractivity (Wildman–Crippen MR) is 61.5 cm³/mol. The van der Waals surface area contributed by atoms with Gasteiger partial charge in [0.15, 0.2) is 6.67 Å². The minimum absolute atomic E-state index is 0. The van der Waals surface area contributed by atoms with Gasteiger partial charge in [-0.3, -0.25) is 4.79 Å². The first kappa shape index (κ1) is 15.1. The van der Waals surface area contributed by atoms with E-state index in [0.717, 1.165) is 10.0 Å². The van der Waals surface area contributed by atoms with Crippen LogP contribution in [0.5, 0.6) is 0 Å². The van der Waals surface area contributed by atoms with Crippen molar-refractivity contribution in [2.75, 3.05) is 27.8 Å². The quantitative estimate of drug-likeness (QED) is 0.526. The number of nitrogens with one attached hydrogen (secondary N) is 1. The highest BCUT2D eigenvalue weighted by atomic mass is 79.9. The van der Waals surface area contributed by atoms with Gasteiger partial charge >= 0.3 is 0 Å². The van der Waals surface area contributed by atoms with Crippen molar-refractivity contribution < 1.29 is 26.3 Å². The number of halogens is 1. The Kier molecular flexibility index (Phi) is 5.68. The molecule has 90 valence electrons. The third-order valence-corrected chi connectivity index (χ3v) is 2.03. The van der Waals surface area contributed by atoms with Crippen LogP contribution in [0.15, 0.2) is 24.3 Å². The molecule has 0 saturated heterocycles. The molecule has 16 heavy (non-hydrogen) atoms. The highest BCUT2D eigenvalue weighted by Gasteiger charge is 2.10. The van der Waals surface area contributed by atoms with Gasteiger partial charge in [0.25, 0.3) is 5.91 Å². The van der Waals surface area contributed by atoms with Crippen LogP contribution in [-0.2, 0) is 0 Å². The molecule has 0 aromatic heterocycles. The summed E-state index contributed by atoms with van der Waals surface area (Å²) in [5.41, 5.74) is 1.88. The van der Waals surface area contributed by atoms with E-state index >= 15 is 0 Å². The van der Waals surface area contributed by atoms with Crippen LogP contribution in [0.1, 0.15) is 15.9 Å². The maximum absolute atomic E-state index is 11.7. The molecule has 0 aliphatic rings. The summed E-state index contributed by atoms with van der Waals surface area (Å²) in [5, 5.41) is 2.89. The summed E-state index contributed by atoms with van der Waals surface area (Å²) in [6.07, 6.45) is 0. The second-order valence-electron chi connectivity index (χ2n) is 4.82. The highest BCUT2D eigenvalue weighted by Crippen LogP contribution is 2.02. The van der Waals surface area contributed by atoms with E-state index in [1.807, 2.05) is 52.3 Å². The van der Waals surface area contributed by atoms with Crippen molar-refractivity contribution >= 4 is 5.91 Å². The van der Waals surface area contributed by atoms with E-state index in [9.17, 15) is 4.79 Å². The Balaban J connectivity index is 0.00000225. The van der Waals surface area contributed by atoms with Crippen molar-refractivity contribution in [3.8, 4) is 0 Å². The topological polar surface area (TPSA) is 29.1 Å². The number of nitrogens with zero attached hydrogens (tertiary/aromatic N) is 1. The van der Waals surface area contributed by atoms with E-state index < -0.39 is 0 Å². The zero-order valence-electron chi connectivity index (χ0n) is 10.2. The Morgan fingerprint density at radius 3 is 2.12 bits per heavy atom. The highest BCUT2D eigenvalue weighted by molar-refractivity contribution is 5.94. The molecule has 0 unspecified atom stereocenters. The number of rotatable bonds is 3. The van der Waals surface area contributed by atoms with E-state index in [2.05, 4.69) is 5.32 Å². The average Bonchev–Trinajstić information content (AvgIpc) is 2.14. The molecular weight excluding hydrogens is 268 g/mol. The number of quaternary nitrogens is 1. The summed E-state index contributed by atoms with van der Waals surface area (Å²) < 4.78 is 0.720. The molecule has 1 N–H and O–H groups in total. The van der Waals surface area contributed by atoms with Crippen molar-refractivity contribution in [1.29, 1.82) is 0 Å². The fourth-order valence-corrected chi connectivity index (χ4v) is 1.12. The van der Waals surface area contributed by atoms with Crippen LogP contribution < -0.4 is 22.3 Å². The van der Waals surface area contributed by atoms with Crippen LogP contribution in [-0.4, -0.2) is 38.2 Å². The molecule has 0 fully saturated rings. The maximum Gasteiger partial charge on any atom is 0.255 e. The molecule has 4 heteroatoms. The third kappa shape index (κ3) is 5.28. The minimum Gasteiger partial charge on any atom is -1.00 e. The average molecular weight is 287 g/mol. The van der Waals surface area contributed by atoms with Gasteiger partial charge in [-0.05, 0) is 19.1 Å². The van der Waals surface area contributed by atoms with Gasteiger partial charge in [-0.2, -0.15) is 0 Å². The first-order chi connectivity index (χ1) is 6.88. The fraction of sp³-hybridized carbons (Fsp3) is 0.417. The van der Waals surface area contributed by atoms with E-state index in [1.54, 1.807) is 0 Å². The molecule has 0 radical (unpaired) electrons. The number of hydrogen-bond donors (Lipinski definition) is 1. The molecule has 1 rings (SSSR count). The van der Waals surface area contributed by atoms with Crippen LogP contribution >= 0.6 is 0 Å². The molecule has 0 aliphatic heterocycles. The Morgan fingerprint density at radius 1 is 1.19 bits per heavy atom. The number of carbonyl (C=O) groups excluding carboxylic acids is 1. The van der Waals surface area contributed by atoms with Gasteiger partial charge in [0.05, 0.1) is 21.1 Å². The smallest absolute Gasteiger partial charge is 0.255 e. The fourth-order valence-electron chi connectivity index (χ4n) is 1.12. The van der Waals surface area contributed by atoms with E-state index in [4.69, 9.17) is 0 Å². The Hall–Kier alpha value is -0.870. The van der Waals surface area contributed by atoms with Gasteiger partial charge in [-0.25, -0.2) is 0 Å². The molecule has 1 amide bonds. The summed E-state index contributed by atoms with van der Waals surface area (Å²) in [5.74, 6) is -0.0111. The summed E-state index contributed by atoms with van der Waals surface area (Å²) in [6, 6.07) is 7.59. The van der Waals surface area contributed by atoms with Crippen LogP contribution in [0, 0.1) is 6.92 Å². The lowest BCUT2D eigenvalue weighted by Gasteiger charge is -2.23. The van der Waals surface area contributed by atoms with Crippen molar-refractivity contribution in [3.63, 3.8) is 0 Å². The summed E-state index contributed by atoms with van der Waals surface area (Å²) >= 11 is 0. The molecule has 0 heterocycles.